The Balaban J connectivity index is 0.00000300. The van der Waals surface area contributed by atoms with Crippen molar-refractivity contribution in [1.82, 2.24) is 25.0 Å². The predicted molar refractivity (Wildman–Crippen MR) is 121 cm³/mol. The van der Waals surface area contributed by atoms with Crippen LogP contribution in [0.25, 0.3) is 0 Å². The standard InChI is InChI=1S/C19H28N6O3.HI/c1-14-22-23-18(25(14)3)11-21-19(20-8-5-9-26-4)24(2)12-15-6-7-16-17(10-15)28-13-27-16;/h6-7,10H,5,8-9,11-13H2,1-4H3,(H,20,21);1H. The molecule has 0 radical (unpaired) electrons. The summed E-state index contributed by atoms with van der Waals surface area (Å²) in [5.41, 5.74) is 1.12. The van der Waals surface area contributed by atoms with E-state index in [-0.39, 0.29) is 30.8 Å². The van der Waals surface area contributed by atoms with Crippen molar-refractivity contribution < 1.29 is 14.2 Å². The van der Waals surface area contributed by atoms with Crippen molar-refractivity contribution in [2.24, 2.45) is 12.0 Å². The lowest BCUT2D eigenvalue weighted by Crippen LogP contribution is -2.39. The summed E-state index contributed by atoms with van der Waals surface area (Å²) in [6.45, 7) is 4.82. The summed E-state index contributed by atoms with van der Waals surface area (Å²) < 4.78 is 17.9. The average molecular weight is 516 g/mol. The van der Waals surface area contributed by atoms with Crippen LogP contribution in [0.5, 0.6) is 11.5 Å². The molecule has 1 aliphatic heterocycles. The Kier molecular flexibility index (Phi) is 8.96. The van der Waals surface area contributed by atoms with E-state index in [1.54, 1.807) is 7.11 Å². The predicted octanol–water partition coefficient (Wildman–Crippen LogP) is 2.08. The highest BCUT2D eigenvalue weighted by Gasteiger charge is 2.15. The minimum atomic E-state index is 0. The van der Waals surface area contributed by atoms with Gasteiger partial charge in [0.25, 0.3) is 0 Å². The number of aryl methyl sites for hydroxylation is 1. The van der Waals surface area contributed by atoms with E-state index in [0.29, 0.717) is 19.7 Å². The van der Waals surface area contributed by atoms with Gasteiger partial charge in [-0.2, -0.15) is 0 Å². The number of halogens is 1. The molecule has 1 aromatic carbocycles. The molecule has 2 aromatic rings. The molecule has 1 N–H and O–H groups in total. The Morgan fingerprint density at radius 1 is 1.31 bits per heavy atom. The van der Waals surface area contributed by atoms with Crippen LogP contribution in [0.1, 0.15) is 23.6 Å². The fourth-order valence-electron chi connectivity index (χ4n) is 2.85. The highest BCUT2D eigenvalue weighted by Crippen LogP contribution is 2.32. The SMILES string of the molecule is COCCCNC(=NCc1nnc(C)n1C)N(C)Cc1ccc2c(c1)OCO2.I. The van der Waals surface area contributed by atoms with E-state index in [2.05, 4.69) is 20.4 Å². The van der Waals surface area contributed by atoms with Gasteiger partial charge in [-0.3, -0.25) is 0 Å². The molecule has 2 heterocycles. The molecule has 1 aliphatic rings. The normalized spacial score (nSPS) is 12.6. The second-order valence-corrected chi connectivity index (χ2v) is 6.68. The van der Waals surface area contributed by atoms with Crippen LogP contribution in [0, 0.1) is 6.92 Å². The monoisotopic (exact) mass is 516 g/mol. The van der Waals surface area contributed by atoms with Crippen molar-refractivity contribution in [3.8, 4) is 11.5 Å². The van der Waals surface area contributed by atoms with Crippen LogP contribution in [0.2, 0.25) is 0 Å². The lowest BCUT2D eigenvalue weighted by atomic mass is 10.2. The zero-order valence-electron chi connectivity index (χ0n) is 17.3. The number of methoxy groups -OCH3 is 1. The molecule has 0 atom stereocenters. The second kappa shape index (κ2) is 11.2. The van der Waals surface area contributed by atoms with Crippen molar-refractivity contribution in [3.63, 3.8) is 0 Å². The molecule has 160 valence electrons. The first kappa shape index (κ1) is 23.2. The van der Waals surface area contributed by atoms with Gasteiger partial charge in [0.2, 0.25) is 6.79 Å². The Morgan fingerprint density at radius 3 is 2.83 bits per heavy atom. The van der Waals surface area contributed by atoms with E-state index < -0.39 is 0 Å². The van der Waals surface area contributed by atoms with Crippen molar-refractivity contribution in [3.05, 3.63) is 35.4 Å². The van der Waals surface area contributed by atoms with Gasteiger partial charge in [-0.1, -0.05) is 6.07 Å². The van der Waals surface area contributed by atoms with Crippen molar-refractivity contribution >= 4 is 29.9 Å². The molecule has 0 aliphatic carbocycles. The molecular formula is C19H29IN6O3. The van der Waals surface area contributed by atoms with Gasteiger partial charge in [0.1, 0.15) is 12.4 Å². The molecule has 0 spiro atoms. The molecule has 0 fully saturated rings. The summed E-state index contributed by atoms with van der Waals surface area (Å²) >= 11 is 0. The van der Waals surface area contributed by atoms with Gasteiger partial charge in [0.15, 0.2) is 23.3 Å². The Labute approximate surface area is 188 Å². The van der Waals surface area contributed by atoms with E-state index in [1.165, 1.54) is 0 Å². The van der Waals surface area contributed by atoms with Crippen LogP contribution in [0.4, 0.5) is 0 Å². The first-order chi connectivity index (χ1) is 13.6. The maximum atomic E-state index is 5.48. The number of guanidine groups is 1. The molecule has 1 aromatic heterocycles. The summed E-state index contributed by atoms with van der Waals surface area (Å²) in [5, 5.41) is 11.7. The van der Waals surface area contributed by atoms with Gasteiger partial charge in [0.05, 0.1) is 0 Å². The minimum absolute atomic E-state index is 0. The number of nitrogens with one attached hydrogen (secondary N) is 1. The van der Waals surface area contributed by atoms with Crippen LogP contribution in [0.15, 0.2) is 23.2 Å². The van der Waals surface area contributed by atoms with E-state index in [9.17, 15) is 0 Å². The molecule has 0 amide bonds. The smallest absolute Gasteiger partial charge is 0.231 e. The Bertz CT molecular complexity index is 826. The number of benzene rings is 1. The lowest BCUT2D eigenvalue weighted by molar-refractivity contribution is 0.174. The molecule has 0 saturated heterocycles. The summed E-state index contributed by atoms with van der Waals surface area (Å²) in [4.78, 5) is 6.82. The van der Waals surface area contributed by atoms with Gasteiger partial charge in [-0.05, 0) is 31.0 Å². The maximum Gasteiger partial charge on any atom is 0.231 e. The average Bonchev–Trinajstić information content (AvgIpc) is 3.28. The van der Waals surface area contributed by atoms with Gasteiger partial charge in [-0.25, -0.2) is 4.99 Å². The summed E-state index contributed by atoms with van der Waals surface area (Å²) in [6, 6.07) is 5.99. The second-order valence-electron chi connectivity index (χ2n) is 6.68. The molecule has 3 rings (SSSR count). The Hall–Kier alpha value is -2.08. The van der Waals surface area contributed by atoms with E-state index in [0.717, 1.165) is 47.6 Å². The van der Waals surface area contributed by atoms with Gasteiger partial charge in [0, 0.05) is 40.9 Å². The Morgan fingerprint density at radius 2 is 2.10 bits per heavy atom. The third-order valence-electron chi connectivity index (χ3n) is 4.58. The molecule has 0 saturated carbocycles. The van der Waals surface area contributed by atoms with Crippen LogP contribution in [-0.2, 0) is 24.9 Å². The lowest BCUT2D eigenvalue weighted by Gasteiger charge is -2.23. The maximum absolute atomic E-state index is 5.48. The van der Waals surface area contributed by atoms with E-state index in [4.69, 9.17) is 19.2 Å². The largest absolute Gasteiger partial charge is 0.454 e. The molecular weight excluding hydrogens is 487 g/mol. The minimum Gasteiger partial charge on any atom is -0.454 e. The number of hydrogen-bond donors (Lipinski definition) is 1. The van der Waals surface area contributed by atoms with Crippen LogP contribution in [-0.4, -0.2) is 59.7 Å². The molecule has 29 heavy (non-hydrogen) atoms. The molecule has 0 unspecified atom stereocenters. The molecule has 10 heteroatoms. The highest BCUT2D eigenvalue weighted by atomic mass is 127. The summed E-state index contributed by atoms with van der Waals surface area (Å²) in [5.74, 6) is 4.07. The van der Waals surface area contributed by atoms with Crippen molar-refractivity contribution in [2.45, 2.75) is 26.4 Å². The number of nitrogens with zero attached hydrogens (tertiary/aromatic N) is 5. The van der Waals surface area contributed by atoms with Gasteiger partial charge in [-0.15, -0.1) is 34.2 Å². The third-order valence-corrected chi connectivity index (χ3v) is 4.58. The topological polar surface area (TPSA) is 86.0 Å². The number of hydrogen-bond acceptors (Lipinski definition) is 6. The number of aliphatic imine (C=N–C) groups is 1. The number of fused-ring (bicyclic) bond motifs is 1. The van der Waals surface area contributed by atoms with Crippen molar-refractivity contribution in [1.29, 1.82) is 0 Å². The van der Waals surface area contributed by atoms with E-state index >= 15 is 0 Å². The molecule has 0 bridgehead atoms. The number of rotatable bonds is 8. The zero-order valence-corrected chi connectivity index (χ0v) is 19.7. The quantitative estimate of drug-likeness (QED) is 0.249. The first-order valence-corrected chi connectivity index (χ1v) is 9.30. The fourth-order valence-corrected chi connectivity index (χ4v) is 2.85. The highest BCUT2D eigenvalue weighted by molar-refractivity contribution is 14.0. The summed E-state index contributed by atoms with van der Waals surface area (Å²) in [7, 11) is 5.66. The van der Waals surface area contributed by atoms with Crippen molar-refractivity contribution in [2.75, 3.05) is 34.1 Å². The summed E-state index contributed by atoms with van der Waals surface area (Å²) in [6.07, 6.45) is 0.899. The number of aromatic nitrogens is 3. The number of ether oxygens (including phenoxy) is 3. The van der Waals surface area contributed by atoms with Gasteiger partial charge >= 0.3 is 0 Å². The van der Waals surface area contributed by atoms with Crippen LogP contribution in [0.3, 0.4) is 0 Å². The molecule has 9 nitrogen and oxygen atoms in total. The van der Waals surface area contributed by atoms with Gasteiger partial charge < -0.3 is 29.0 Å². The first-order valence-electron chi connectivity index (χ1n) is 9.30. The van der Waals surface area contributed by atoms with Crippen LogP contribution < -0.4 is 14.8 Å². The third kappa shape index (κ3) is 6.20. The van der Waals surface area contributed by atoms with Crippen LogP contribution >= 0.6 is 24.0 Å². The zero-order chi connectivity index (χ0) is 19.9. The van der Waals surface area contributed by atoms with E-state index in [1.807, 2.05) is 43.8 Å². The fraction of sp³-hybridized carbons (Fsp3) is 0.526.